The summed E-state index contributed by atoms with van der Waals surface area (Å²) >= 11 is 0. The summed E-state index contributed by atoms with van der Waals surface area (Å²) in [5.41, 5.74) is 2.74. The molecule has 2 aromatic carbocycles. The highest BCUT2D eigenvalue weighted by molar-refractivity contribution is 6.47. The number of hydrogen-bond acceptors (Lipinski definition) is 2. The Morgan fingerprint density at radius 2 is 1.00 bits per heavy atom. The van der Waals surface area contributed by atoms with E-state index < -0.39 is 0 Å². The van der Waals surface area contributed by atoms with Gasteiger partial charge in [-0.2, -0.15) is 0 Å². The van der Waals surface area contributed by atoms with Crippen LogP contribution in [0.3, 0.4) is 0 Å². The minimum atomic E-state index is -0.144. The summed E-state index contributed by atoms with van der Waals surface area (Å²) in [6.45, 7) is 0. The Hall–Kier alpha value is -1.53. The highest BCUT2D eigenvalue weighted by Gasteiger charge is 2.03. The Labute approximate surface area is 127 Å². The van der Waals surface area contributed by atoms with Crippen molar-refractivity contribution in [1.29, 1.82) is 0 Å². The summed E-state index contributed by atoms with van der Waals surface area (Å²) < 4.78 is 4.97. The lowest BCUT2D eigenvalue weighted by atomic mass is 10.3. The average molecular weight is 301 g/mol. The second-order valence-electron chi connectivity index (χ2n) is 5.22. The number of hydrogen-bond donors (Lipinski definition) is 0. The molecule has 0 fully saturated rings. The summed E-state index contributed by atoms with van der Waals surface area (Å²) in [4.78, 5) is 0. The molecule has 0 aliphatic rings. The minimum Gasteiger partial charge on any atom is -0.406 e. The van der Waals surface area contributed by atoms with Crippen LogP contribution in [0.15, 0.2) is 60.7 Å². The molecule has 0 saturated heterocycles. The molecule has 0 amide bonds. The lowest BCUT2D eigenvalue weighted by Gasteiger charge is -2.21. The lowest BCUT2D eigenvalue weighted by molar-refractivity contribution is 1.24. The third kappa shape index (κ3) is 4.54. The Kier molecular flexibility index (Phi) is 5.89. The fourth-order valence-corrected chi connectivity index (χ4v) is 6.00. The zero-order valence-electron chi connectivity index (χ0n) is 12.5. The second kappa shape index (κ2) is 7.92. The molecule has 2 nitrogen and oxygen atoms in total. The van der Waals surface area contributed by atoms with Crippen molar-refractivity contribution in [3.8, 4) is 0 Å². The Bertz CT molecular complexity index is 443. The number of anilines is 2. The van der Waals surface area contributed by atoms with Crippen LogP contribution in [0.1, 0.15) is 0 Å². The van der Waals surface area contributed by atoms with Gasteiger partial charge in [-0.3, -0.25) is 0 Å². The van der Waals surface area contributed by atoms with E-state index in [9.17, 15) is 0 Å². The molecule has 0 aliphatic carbocycles. The van der Waals surface area contributed by atoms with Gasteiger partial charge in [0.25, 0.3) is 0 Å². The second-order valence-corrected chi connectivity index (χ2v) is 9.43. The lowest BCUT2D eigenvalue weighted by Crippen LogP contribution is -2.25. The van der Waals surface area contributed by atoms with E-state index in [1.807, 2.05) is 0 Å². The van der Waals surface area contributed by atoms with Gasteiger partial charge in [0.15, 0.2) is 0 Å². The van der Waals surface area contributed by atoms with E-state index in [-0.39, 0.29) is 19.4 Å². The molecule has 0 spiro atoms. The summed E-state index contributed by atoms with van der Waals surface area (Å²) in [5, 5.41) is 0. The van der Waals surface area contributed by atoms with E-state index in [1.54, 1.807) is 0 Å². The van der Waals surface area contributed by atoms with E-state index in [4.69, 9.17) is 0 Å². The molecule has 0 radical (unpaired) electrons. The third-order valence-electron chi connectivity index (χ3n) is 3.63. The van der Waals surface area contributed by atoms with Gasteiger partial charge in [0.05, 0.1) is 0 Å². The molecule has 0 saturated carbocycles. The molecular formula is C16H24N2Si2. The maximum absolute atomic E-state index is 2.48. The smallest absolute Gasteiger partial charge is 0.123 e. The molecule has 0 heterocycles. The van der Waals surface area contributed by atoms with Crippen LogP contribution >= 0.6 is 0 Å². The quantitative estimate of drug-likeness (QED) is 0.572. The van der Waals surface area contributed by atoms with Crippen LogP contribution in [-0.2, 0) is 0 Å². The minimum absolute atomic E-state index is 0.144. The first-order valence-corrected chi connectivity index (χ1v) is 10.6. The van der Waals surface area contributed by atoms with Gasteiger partial charge in [0, 0.05) is 11.4 Å². The Balaban J connectivity index is 1.69. The van der Waals surface area contributed by atoms with E-state index >= 15 is 0 Å². The number of para-hydroxylation sites is 2. The zero-order valence-corrected chi connectivity index (χ0v) is 15.3. The van der Waals surface area contributed by atoms with Crippen molar-refractivity contribution >= 4 is 30.7 Å². The topological polar surface area (TPSA) is 6.48 Å². The molecule has 20 heavy (non-hydrogen) atoms. The standard InChI is InChI=1S/C16H24N2Si2/c1-17(15-9-5-3-6-10-15)19-13-14-20-18(2)16-11-7-4-8-12-16/h3-12H,13-14,19-20H2,1-2H3. The van der Waals surface area contributed by atoms with Crippen LogP contribution in [0.25, 0.3) is 0 Å². The first kappa shape index (κ1) is 14.9. The monoisotopic (exact) mass is 300 g/mol. The van der Waals surface area contributed by atoms with E-state index in [2.05, 4.69) is 83.9 Å². The molecule has 0 aromatic heterocycles. The van der Waals surface area contributed by atoms with Crippen molar-refractivity contribution in [3.05, 3.63) is 60.7 Å². The number of rotatable bonds is 7. The number of benzene rings is 2. The average Bonchev–Trinajstić information content (AvgIpc) is 2.53. The summed E-state index contributed by atoms with van der Waals surface area (Å²) in [6.07, 6.45) is 0. The molecular weight excluding hydrogens is 276 g/mol. The van der Waals surface area contributed by atoms with Crippen LogP contribution in [0.4, 0.5) is 11.4 Å². The van der Waals surface area contributed by atoms with Crippen LogP contribution in [0.5, 0.6) is 0 Å². The van der Waals surface area contributed by atoms with Gasteiger partial charge in [-0.25, -0.2) is 0 Å². The molecule has 2 rings (SSSR count). The van der Waals surface area contributed by atoms with Crippen molar-refractivity contribution in [1.82, 2.24) is 0 Å². The van der Waals surface area contributed by atoms with E-state index in [1.165, 1.54) is 23.5 Å². The van der Waals surface area contributed by atoms with Crippen molar-refractivity contribution in [3.63, 3.8) is 0 Å². The largest absolute Gasteiger partial charge is 0.406 e. The first-order valence-electron chi connectivity index (χ1n) is 7.30. The van der Waals surface area contributed by atoms with E-state index in [0.717, 1.165) is 0 Å². The Morgan fingerprint density at radius 3 is 1.35 bits per heavy atom. The maximum atomic E-state index is 2.48. The molecule has 0 atom stereocenters. The summed E-state index contributed by atoms with van der Waals surface area (Å²) in [5.74, 6) is 0. The zero-order chi connectivity index (χ0) is 14.2. The molecule has 106 valence electrons. The van der Waals surface area contributed by atoms with Gasteiger partial charge in [-0.1, -0.05) is 36.4 Å². The van der Waals surface area contributed by atoms with Crippen LogP contribution in [0.2, 0.25) is 12.1 Å². The highest BCUT2D eigenvalue weighted by Crippen LogP contribution is 2.13. The van der Waals surface area contributed by atoms with Crippen molar-refractivity contribution in [2.45, 2.75) is 12.1 Å². The molecule has 0 unspecified atom stereocenters. The highest BCUT2D eigenvalue weighted by atomic mass is 28.2. The number of nitrogens with zero attached hydrogens (tertiary/aromatic N) is 2. The molecule has 0 aliphatic heterocycles. The molecule has 0 bridgehead atoms. The van der Waals surface area contributed by atoms with Gasteiger partial charge >= 0.3 is 0 Å². The Morgan fingerprint density at radius 1 is 0.650 bits per heavy atom. The van der Waals surface area contributed by atoms with Gasteiger partial charge in [-0.05, 0) is 50.4 Å². The van der Waals surface area contributed by atoms with Crippen molar-refractivity contribution < 1.29 is 0 Å². The normalized spacial score (nSPS) is 11.5. The summed E-state index contributed by atoms with van der Waals surface area (Å²) in [6, 6.07) is 24.3. The fraction of sp³-hybridized carbons (Fsp3) is 0.250. The molecule has 0 N–H and O–H groups in total. The predicted octanol–water partition coefficient (Wildman–Crippen LogP) is 2.26. The third-order valence-corrected chi connectivity index (χ3v) is 8.34. The van der Waals surface area contributed by atoms with Gasteiger partial charge in [0.2, 0.25) is 0 Å². The first-order chi connectivity index (χ1) is 9.77. The van der Waals surface area contributed by atoms with E-state index in [0.29, 0.717) is 0 Å². The van der Waals surface area contributed by atoms with Crippen LogP contribution in [0, 0.1) is 0 Å². The van der Waals surface area contributed by atoms with Gasteiger partial charge in [-0.15, -0.1) is 0 Å². The summed E-state index contributed by atoms with van der Waals surface area (Å²) in [7, 11) is 4.19. The van der Waals surface area contributed by atoms with Crippen molar-refractivity contribution in [2.75, 3.05) is 23.2 Å². The van der Waals surface area contributed by atoms with Gasteiger partial charge < -0.3 is 9.13 Å². The molecule has 2 aromatic rings. The maximum Gasteiger partial charge on any atom is 0.123 e. The predicted molar refractivity (Wildman–Crippen MR) is 96.4 cm³/mol. The van der Waals surface area contributed by atoms with Crippen LogP contribution in [-0.4, -0.2) is 33.5 Å². The van der Waals surface area contributed by atoms with Gasteiger partial charge in [0.1, 0.15) is 19.4 Å². The SMILES string of the molecule is CN([SiH2]CC[SiH2]N(C)c1ccccc1)c1ccccc1. The van der Waals surface area contributed by atoms with Crippen molar-refractivity contribution in [2.24, 2.45) is 0 Å². The fourth-order valence-electron chi connectivity index (χ4n) is 2.32. The van der Waals surface area contributed by atoms with Crippen LogP contribution < -0.4 is 9.13 Å². The molecule has 4 heteroatoms.